The number of para-hydroxylation sites is 1. The first kappa shape index (κ1) is 29.7. The Bertz CT molecular complexity index is 1460. The van der Waals surface area contributed by atoms with E-state index in [0.717, 1.165) is 67.3 Å². The van der Waals surface area contributed by atoms with Crippen LogP contribution in [0.3, 0.4) is 0 Å². The van der Waals surface area contributed by atoms with Gasteiger partial charge in [-0.05, 0) is 96.3 Å². The van der Waals surface area contributed by atoms with Crippen molar-refractivity contribution >= 4 is 51.6 Å². The Labute approximate surface area is 252 Å². The summed E-state index contributed by atoms with van der Waals surface area (Å²) in [4.78, 5) is 34.3. The fraction of sp³-hybridized carbons (Fsp3) is 0.500. The van der Waals surface area contributed by atoms with E-state index in [9.17, 15) is 14.7 Å². The highest BCUT2D eigenvalue weighted by molar-refractivity contribution is 7.99. The second-order valence-corrected chi connectivity index (χ2v) is 15.1. The van der Waals surface area contributed by atoms with Crippen molar-refractivity contribution in [2.24, 2.45) is 17.3 Å². The molecule has 3 aromatic rings. The lowest BCUT2D eigenvalue weighted by atomic mass is 9.81. The van der Waals surface area contributed by atoms with Crippen LogP contribution in [0.1, 0.15) is 93.6 Å². The van der Waals surface area contributed by atoms with E-state index in [0.29, 0.717) is 21.7 Å². The highest BCUT2D eigenvalue weighted by atomic mass is 32.2. The number of hydrogen-bond acceptors (Lipinski definition) is 5. The number of amides is 1. The van der Waals surface area contributed by atoms with Crippen molar-refractivity contribution in [3.8, 4) is 11.8 Å². The Morgan fingerprint density at radius 2 is 1.71 bits per heavy atom. The van der Waals surface area contributed by atoms with Crippen molar-refractivity contribution in [3.63, 3.8) is 0 Å². The molecule has 0 unspecified atom stereocenters. The smallest absolute Gasteiger partial charge is 0.348 e. The summed E-state index contributed by atoms with van der Waals surface area (Å²) >= 11 is 3.01. The van der Waals surface area contributed by atoms with E-state index in [1.54, 1.807) is 0 Å². The summed E-state index contributed by atoms with van der Waals surface area (Å²) in [5.41, 5.74) is 1.35. The van der Waals surface area contributed by atoms with E-state index >= 15 is 0 Å². The number of carboxylic acids is 1. The topological polar surface area (TPSA) is 70.5 Å². The van der Waals surface area contributed by atoms with E-state index in [4.69, 9.17) is 4.98 Å². The van der Waals surface area contributed by atoms with Crippen molar-refractivity contribution in [2.45, 2.75) is 95.4 Å². The van der Waals surface area contributed by atoms with E-state index in [-0.39, 0.29) is 28.2 Å². The number of rotatable bonds is 6. The van der Waals surface area contributed by atoms with Gasteiger partial charge in [-0.15, -0.1) is 23.1 Å². The minimum atomic E-state index is -0.990. The molecule has 0 saturated heterocycles. The van der Waals surface area contributed by atoms with Crippen LogP contribution in [0.4, 0.5) is 5.69 Å². The molecule has 2 fully saturated rings. The minimum Gasteiger partial charge on any atom is -0.477 e. The summed E-state index contributed by atoms with van der Waals surface area (Å²) in [7, 11) is 0. The Balaban J connectivity index is 1.38. The summed E-state index contributed by atoms with van der Waals surface area (Å²) in [6, 6.07) is 14.3. The molecule has 7 heteroatoms. The molecule has 5 rings (SSSR count). The third-order valence-corrected chi connectivity index (χ3v) is 10.5. The van der Waals surface area contributed by atoms with Crippen LogP contribution in [0.15, 0.2) is 47.5 Å². The number of pyridine rings is 1. The average molecular weight is 589 g/mol. The zero-order valence-corrected chi connectivity index (χ0v) is 26.1. The molecule has 0 spiro atoms. The first-order valence-electron chi connectivity index (χ1n) is 14.8. The molecule has 0 bridgehead atoms. The lowest BCUT2D eigenvalue weighted by molar-refractivity contribution is -0.124. The molecule has 2 heterocycles. The molecule has 1 aromatic carbocycles. The minimum absolute atomic E-state index is 0.0145. The maximum atomic E-state index is 14.2. The molecule has 2 aromatic heterocycles. The van der Waals surface area contributed by atoms with Crippen LogP contribution in [0, 0.1) is 29.1 Å². The number of carbonyl (C=O) groups is 2. The molecule has 2 saturated carbocycles. The summed E-state index contributed by atoms with van der Waals surface area (Å²) in [5.74, 6) is 6.11. The van der Waals surface area contributed by atoms with Crippen LogP contribution >= 0.6 is 23.1 Å². The number of anilines is 1. The van der Waals surface area contributed by atoms with Crippen molar-refractivity contribution < 1.29 is 14.7 Å². The van der Waals surface area contributed by atoms with Gasteiger partial charge in [0.2, 0.25) is 5.91 Å². The normalized spacial score (nSPS) is 23.0. The monoisotopic (exact) mass is 588 g/mol. The zero-order valence-electron chi connectivity index (χ0n) is 24.5. The maximum absolute atomic E-state index is 14.2. The number of hydrogen-bond donors (Lipinski definition) is 1. The SMILES string of the molecule is CC1CCC(C(=O)N(c2cc(C#CC(C)(C)C)sc2C(=O)O)C2CCC(Sc3ccc4ccccc4n3)CC2)CC1. The number of thioether (sulfide) groups is 1. The van der Waals surface area contributed by atoms with Gasteiger partial charge in [-0.3, -0.25) is 4.79 Å². The van der Waals surface area contributed by atoms with E-state index in [2.05, 4.69) is 37.0 Å². The molecule has 2 aliphatic carbocycles. The molecule has 1 amide bonds. The third-order valence-electron chi connectivity index (χ3n) is 8.20. The highest BCUT2D eigenvalue weighted by Crippen LogP contribution is 2.41. The Morgan fingerprint density at radius 3 is 2.39 bits per heavy atom. The molecule has 5 nitrogen and oxygen atoms in total. The highest BCUT2D eigenvalue weighted by Gasteiger charge is 2.37. The van der Waals surface area contributed by atoms with Gasteiger partial charge in [0.05, 0.1) is 21.1 Å². The van der Waals surface area contributed by atoms with Crippen LogP contribution < -0.4 is 4.90 Å². The van der Waals surface area contributed by atoms with E-state index in [1.165, 1.54) is 11.3 Å². The van der Waals surface area contributed by atoms with Crippen LogP contribution in [0.2, 0.25) is 0 Å². The number of carboxylic acid groups (broad SMARTS) is 1. The molecule has 41 heavy (non-hydrogen) atoms. The van der Waals surface area contributed by atoms with Crippen molar-refractivity contribution in [3.05, 3.63) is 52.2 Å². The Hall–Kier alpha value is -2.82. The van der Waals surface area contributed by atoms with Gasteiger partial charge in [-0.25, -0.2) is 9.78 Å². The van der Waals surface area contributed by atoms with Crippen molar-refractivity contribution in [1.29, 1.82) is 0 Å². The van der Waals surface area contributed by atoms with Gasteiger partial charge in [0.1, 0.15) is 4.88 Å². The van der Waals surface area contributed by atoms with Gasteiger partial charge in [0.15, 0.2) is 0 Å². The molecule has 2 aliphatic rings. The predicted molar refractivity (Wildman–Crippen MR) is 170 cm³/mol. The summed E-state index contributed by atoms with van der Waals surface area (Å²) < 4.78 is 0. The lowest BCUT2D eigenvalue weighted by Gasteiger charge is -2.39. The van der Waals surface area contributed by atoms with Crippen LogP contribution in [0.25, 0.3) is 10.9 Å². The first-order valence-corrected chi connectivity index (χ1v) is 16.5. The average Bonchev–Trinajstić information content (AvgIpc) is 3.37. The zero-order chi connectivity index (χ0) is 29.1. The summed E-state index contributed by atoms with van der Waals surface area (Å²) in [5, 5.41) is 12.8. The number of aromatic nitrogens is 1. The van der Waals surface area contributed by atoms with E-state index < -0.39 is 5.97 Å². The summed E-state index contributed by atoms with van der Waals surface area (Å²) in [6.45, 7) is 8.37. The molecule has 0 atom stereocenters. The van der Waals surface area contributed by atoms with Crippen LogP contribution in [-0.2, 0) is 4.79 Å². The standard InChI is InChI=1S/C34H40N2O3S2/c1-22-9-11-24(12-10-22)32(37)36(29-21-27(19-20-34(2,3)4)41-31(29)33(38)39)25-14-16-26(17-15-25)40-30-18-13-23-7-5-6-8-28(23)35-30/h5-8,13,18,21-22,24-26H,9-12,14-17H2,1-4H3,(H,38,39). The fourth-order valence-electron chi connectivity index (χ4n) is 5.93. The second-order valence-electron chi connectivity index (χ2n) is 12.7. The van der Waals surface area contributed by atoms with Gasteiger partial charge in [-0.1, -0.05) is 43.0 Å². The Morgan fingerprint density at radius 1 is 1.00 bits per heavy atom. The number of benzene rings is 1. The van der Waals surface area contributed by atoms with Gasteiger partial charge < -0.3 is 10.0 Å². The Kier molecular flexibility index (Phi) is 9.11. The van der Waals surface area contributed by atoms with Gasteiger partial charge in [-0.2, -0.15) is 0 Å². The van der Waals surface area contributed by atoms with Gasteiger partial charge >= 0.3 is 5.97 Å². The largest absolute Gasteiger partial charge is 0.477 e. The quantitative estimate of drug-likeness (QED) is 0.292. The number of nitrogens with zero attached hydrogens (tertiary/aromatic N) is 2. The molecule has 0 radical (unpaired) electrons. The summed E-state index contributed by atoms with van der Waals surface area (Å²) in [6.07, 6.45) is 7.44. The first-order chi connectivity index (χ1) is 19.6. The molecule has 0 aliphatic heterocycles. The van der Waals surface area contributed by atoms with E-state index in [1.807, 2.05) is 61.7 Å². The lowest BCUT2D eigenvalue weighted by Crippen LogP contribution is -2.46. The number of thiophene rings is 1. The number of aromatic carboxylic acids is 1. The van der Waals surface area contributed by atoms with Gasteiger partial charge in [0.25, 0.3) is 0 Å². The van der Waals surface area contributed by atoms with Crippen molar-refractivity contribution in [1.82, 2.24) is 4.98 Å². The van der Waals surface area contributed by atoms with Crippen LogP contribution in [0.5, 0.6) is 0 Å². The van der Waals surface area contributed by atoms with Crippen molar-refractivity contribution in [2.75, 3.05) is 4.90 Å². The predicted octanol–water partition coefficient (Wildman–Crippen LogP) is 8.65. The molecule has 216 valence electrons. The fourth-order valence-corrected chi connectivity index (χ4v) is 7.92. The molecule has 1 N–H and O–H groups in total. The third kappa shape index (κ3) is 7.34. The number of carbonyl (C=O) groups excluding carboxylic acids is 1. The number of fused-ring (bicyclic) bond motifs is 1. The maximum Gasteiger partial charge on any atom is 0.348 e. The molecular weight excluding hydrogens is 549 g/mol. The second kappa shape index (κ2) is 12.6. The van der Waals surface area contributed by atoms with Crippen LogP contribution in [-0.4, -0.2) is 33.3 Å². The van der Waals surface area contributed by atoms with Gasteiger partial charge in [0, 0.05) is 28.0 Å². The molecular formula is C34H40N2O3S2.